The second-order valence-electron chi connectivity index (χ2n) is 6.83. The van der Waals surface area contributed by atoms with E-state index >= 15 is 0 Å². The second kappa shape index (κ2) is 8.90. The van der Waals surface area contributed by atoms with Gasteiger partial charge >= 0.3 is 0 Å². The molecular weight excluding hydrogens is 421 g/mol. The third-order valence-corrected chi connectivity index (χ3v) is 5.85. The zero-order valence-corrected chi connectivity index (χ0v) is 17.9. The quantitative estimate of drug-likeness (QED) is 0.427. The number of nitriles is 1. The van der Waals surface area contributed by atoms with Crippen molar-refractivity contribution in [2.75, 3.05) is 42.2 Å². The molecule has 0 radical (unpaired) electrons. The van der Waals surface area contributed by atoms with Crippen molar-refractivity contribution in [1.29, 1.82) is 5.26 Å². The Morgan fingerprint density at radius 2 is 1.60 bits per heavy atom. The van der Waals surface area contributed by atoms with E-state index in [1.54, 1.807) is 24.3 Å². The average Bonchev–Trinajstić information content (AvgIpc) is 2.79. The predicted molar refractivity (Wildman–Crippen MR) is 120 cm³/mol. The highest BCUT2D eigenvalue weighted by Crippen LogP contribution is 2.32. The van der Waals surface area contributed by atoms with E-state index in [1.165, 1.54) is 23.9 Å². The lowest BCUT2D eigenvalue weighted by molar-refractivity contribution is 0.623. The number of piperazine rings is 1. The third kappa shape index (κ3) is 4.20. The maximum absolute atomic E-state index is 13.2. The SMILES string of the molecule is CSc1nc(-c2ccc(Cl)cc2)c(C#N)c(N2CCN(c3ccc(F)cc3)CC2)n1. The molecule has 30 heavy (non-hydrogen) atoms. The summed E-state index contributed by atoms with van der Waals surface area (Å²) >= 11 is 7.47. The highest BCUT2D eigenvalue weighted by Gasteiger charge is 2.24. The van der Waals surface area contributed by atoms with Crippen molar-refractivity contribution in [3.05, 3.63) is 64.9 Å². The third-order valence-electron chi connectivity index (χ3n) is 5.05. The van der Waals surface area contributed by atoms with Crippen molar-refractivity contribution in [3.8, 4) is 17.3 Å². The molecule has 1 aromatic heterocycles. The van der Waals surface area contributed by atoms with Gasteiger partial charge in [-0.05, 0) is 42.7 Å². The van der Waals surface area contributed by atoms with E-state index in [-0.39, 0.29) is 5.82 Å². The van der Waals surface area contributed by atoms with Crippen LogP contribution in [0.4, 0.5) is 15.9 Å². The van der Waals surface area contributed by atoms with Crippen LogP contribution in [0, 0.1) is 17.1 Å². The molecule has 2 heterocycles. The summed E-state index contributed by atoms with van der Waals surface area (Å²) < 4.78 is 13.2. The summed E-state index contributed by atoms with van der Waals surface area (Å²) in [6.07, 6.45) is 1.92. The van der Waals surface area contributed by atoms with Gasteiger partial charge < -0.3 is 9.80 Å². The van der Waals surface area contributed by atoms with Gasteiger partial charge in [-0.25, -0.2) is 14.4 Å². The standard InChI is InChI=1S/C22H19ClFN5S/c1-30-22-26-20(15-2-4-16(23)5-3-15)19(14-25)21(27-22)29-12-10-28(11-13-29)18-8-6-17(24)7-9-18/h2-9H,10-13H2,1H3. The highest BCUT2D eigenvalue weighted by molar-refractivity contribution is 7.98. The molecule has 3 aromatic rings. The Kier molecular flexibility index (Phi) is 6.07. The summed E-state index contributed by atoms with van der Waals surface area (Å²) in [7, 11) is 0. The lowest BCUT2D eigenvalue weighted by Gasteiger charge is -2.37. The van der Waals surface area contributed by atoms with E-state index in [2.05, 4.69) is 25.8 Å². The zero-order chi connectivity index (χ0) is 21.1. The molecule has 0 spiro atoms. The van der Waals surface area contributed by atoms with Crippen LogP contribution in [0.5, 0.6) is 0 Å². The van der Waals surface area contributed by atoms with Gasteiger partial charge in [-0.1, -0.05) is 35.5 Å². The molecule has 2 aromatic carbocycles. The van der Waals surface area contributed by atoms with Crippen molar-refractivity contribution in [3.63, 3.8) is 0 Å². The molecule has 0 atom stereocenters. The van der Waals surface area contributed by atoms with Gasteiger partial charge in [-0.2, -0.15) is 5.26 Å². The van der Waals surface area contributed by atoms with Crippen molar-refractivity contribution in [2.24, 2.45) is 0 Å². The molecule has 0 bridgehead atoms. The molecule has 1 fully saturated rings. The van der Waals surface area contributed by atoms with Crippen molar-refractivity contribution in [1.82, 2.24) is 9.97 Å². The first-order chi connectivity index (χ1) is 14.6. The first kappa shape index (κ1) is 20.5. The van der Waals surface area contributed by atoms with Crippen LogP contribution in [0.1, 0.15) is 5.56 Å². The summed E-state index contributed by atoms with van der Waals surface area (Å²) in [5.74, 6) is 0.414. The van der Waals surface area contributed by atoms with Crippen LogP contribution in [0.15, 0.2) is 53.7 Å². The number of thioether (sulfide) groups is 1. The highest BCUT2D eigenvalue weighted by atomic mass is 35.5. The summed E-state index contributed by atoms with van der Waals surface area (Å²) in [5, 5.41) is 11.2. The first-order valence-corrected chi connectivity index (χ1v) is 11.1. The van der Waals surface area contributed by atoms with Gasteiger partial charge in [0, 0.05) is 42.5 Å². The van der Waals surface area contributed by atoms with Gasteiger partial charge in [0.2, 0.25) is 0 Å². The normalized spacial score (nSPS) is 13.9. The minimum absolute atomic E-state index is 0.239. The number of anilines is 2. The summed E-state index contributed by atoms with van der Waals surface area (Å²) in [6, 6.07) is 16.2. The number of nitrogens with zero attached hydrogens (tertiary/aromatic N) is 5. The molecule has 0 aliphatic carbocycles. The maximum Gasteiger partial charge on any atom is 0.189 e. The van der Waals surface area contributed by atoms with Crippen LogP contribution >= 0.6 is 23.4 Å². The lowest BCUT2D eigenvalue weighted by Crippen LogP contribution is -2.47. The van der Waals surface area contributed by atoms with Gasteiger partial charge in [-0.3, -0.25) is 0 Å². The van der Waals surface area contributed by atoms with E-state index in [4.69, 9.17) is 11.6 Å². The number of hydrogen-bond acceptors (Lipinski definition) is 6. The lowest BCUT2D eigenvalue weighted by atomic mass is 10.1. The minimum Gasteiger partial charge on any atom is -0.368 e. The van der Waals surface area contributed by atoms with E-state index in [1.807, 2.05) is 18.4 Å². The van der Waals surface area contributed by atoms with E-state index in [0.29, 0.717) is 40.3 Å². The molecule has 1 aliphatic rings. The monoisotopic (exact) mass is 439 g/mol. The van der Waals surface area contributed by atoms with E-state index in [9.17, 15) is 9.65 Å². The molecule has 152 valence electrons. The molecular formula is C22H19ClFN5S. The van der Waals surface area contributed by atoms with Gasteiger partial charge in [0.1, 0.15) is 17.4 Å². The molecule has 0 N–H and O–H groups in total. The van der Waals surface area contributed by atoms with E-state index in [0.717, 1.165) is 24.3 Å². The number of benzene rings is 2. The molecule has 0 amide bonds. The molecule has 0 saturated carbocycles. The van der Waals surface area contributed by atoms with Crippen LogP contribution in [0.25, 0.3) is 11.3 Å². The molecule has 4 rings (SSSR count). The smallest absolute Gasteiger partial charge is 0.189 e. The average molecular weight is 440 g/mol. The van der Waals surface area contributed by atoms with Crippen molar-refractivity contribution >= 4 is 34.9 Å². The van der Waals surface area contributed by atoms with Gasteiger partial charge in [-0.15, -0.1) is 0 Å². The summed E-state index contributed by atoms with van der Waals surface area (Å²) in [4.78, 5) is 13.6. The molecule has 8 heteroatoms. The molecule has 1 saturated heterocycles. The van der Waals surface area contributed by atoms with Crippen LogP contribution < -0.4 is 9.80 Å². The zero-order valence-electron chi connectivity index (χ0n) is 16.3. The summed E-state index contributed by atoms with van der Waals surface area (Å²) in [5.41, 5.74) is 2.90. The van der Waals surface area contributed by atoms with Crippen molar-refractivity contribution < 1.29 is 4.39 Å². The van der Waals surface area contributed by atoms with Crippen LogP contribution in [-0.4, -0.2) is 42.4 Å². The van der Waals surface area contributed by atoms with Crippen LogP contribution in [0.3, 0.4) is 0 Å². The Bertz CT molecular complexity index is 1070. The van der Waals surface area contributed by atoms with E-state index < -0.39 is 0 Å². The largest absolute Gasteiger partial charge is 0.368 e. The van der Waals surface area contributed by atoms with Crippen LogP contribution in [-0.2, 0) is 0 Å². The number of halogens is 2. The minimum atomic E-state index is -0.239. The maximum atomic E-state index is 13.2. The number of aromatic nitrogens is 2. The number of rotatable bonds is 4. The Hall–Kier alpha value is -2.82. The Morgan fingerprint density at radius 1 is 0.967 bits per heavy atom. The Balaban J connectivity index is 1.64. The summed E-state index contributed by atoms with van der Waals surface area (Å²) in [6.45, 7) is 2.92. The predicted octanol–water partition coefficient (Wildman–Crippen LogP) is 4.86. The van der Waals surface area contributed by atoms with Crippen molar-refractivity contribution in [2.45, 2.75) is 5.16 Å². The first-order valence-electron chi connectivity index (χ1n) is 9.46. The fraction of sp³-hybridized carbons (Fsp3) is 0.227. The fourth-order valence-corrected chi connectivity index (χ4v) is 3.98. The Morgan fingerprint density at radius 3 is 2.20 bits per heavy atom. The van der Waals surface area contributed by atoms with Crippen LogP contribution in [0.2, 0.25) is 5.02 Å². The Labute approximate surface area is 184 Å². The number of hydrogen-bond donors (Lipinski definition) is 0. The second-order valence-corrected chi connectivity index (χ2v) is 8.04. The molecule has 1 aliphatic heterocycles. The van der Waals surface area contributed by atoms with Gasteiger partial charge in [0.15, 0.2) is 11.0 Å². The molecule has 0 unspecified atom stereocenters. The molecule has 5 nitrogen and oxygen atoms in total. The van der Waals surface area contributed by atoms with Gasteiger partial charge in [0.25, 0.3) is 0 Å². The van der Waals surface area contributed by atoms with Gasteiger partial charge in [0.05, 0.1) is 5.69 Å². The topological polar surface area (TPSA) is 56.1 Å². The fourth-order valence-electron chi connectivity index (χ4n) is 3.50.